The number of aryl methyl sites for hydroxylation is 1. The summed E-state index contributed by atoms with van der Waals surface area (Å²) in [6.45, 7) is 0.0101. The van der Waals surface area contributed by atoms with Crippen molar-refractivity contribution >= 4 is 15.6 Å². The van der Waals surface area contributed by atoms with Crippen LogP contribution >= 0.6 is 0 Å². The Morgan fingerprint density at radius 3 is 2.50 bits per heavy atom. The minimum atomic E-state index is -4.54. The maximum Gasteiger partial charge on any atom is 0.416 e. The van der Waals surface area contributed by atoms with Crippen molar-refractivity contribution in [2.45, 2.75) is 17.1 Å². The van der Waals surface area contributed by atoms with Crippen molar-refractivity contribution in [2.75, 3.05) is 6.54 Å². The van der Waals surface area contributed by atoms with Crippen LogP contribution in [0.15, 0.2) is 66.1 Å². The van der Waals surface area contributed by atoms with E-state index in [1.807, 2.05) is 0 Å². The first-order valence-electron chi connectivity index (χ1n) is 8.85. The first-order chi connectivity index (χ1) is 14.2. The van der Waals surface area contributed by atoms with E-state index in [1.165, 1.54) is 24.1 Å². The third-order valence-electron chi connectivity index (χ3n) is 4.76. The molecule has 156 valence electrons. The molecule has 1 unspecified atom stereocenters. The van der Waals surface area contributed by atoms with E-state index in [-0.39, 0.29) is 17.3 Å². The molecule has 1 aromatic carbocycles. The lowest BCUT2D eigenvalue weighted by Gasteiger charge is -2.18. The second-order valence-corrected chi connectivity index (χ2v) is 8.62. The van der Waals surface area contributed by atoms with Gasteiger partial charge in [-0.1, -0.05) is 35.5 Å². The zero-order valence-corrected chi connectivity index (χ0v) is 16.5. The number of pyridine rings is 1. The molecule has 0 N–H and O–H groups in total. The summed E-state index contributed by atoms with van der Waals surface area (Å²) in [7, 11) is -2.49. The molecule has 1 atom stereocenters. The molecule has 1 aliphatic rings. The Labute approximate surface area is 170 Å². The van der Waals surface area contributed by atoms with Gasteiger partial charge in [-0.05, 0) is 17.7 Å². The smallest absolute Gasteiger partial charge is 0.271 e. The van der Waals surface area contributed by atoms with E-state index < -0.39 is 27.7 Å². The average molecular weight is 435 g/mol. The largest absolute Gasteiger partial charge is 0.416 e. The van der Waals surface area contributed by atoms with Crippen LogP contribution in [-0.2, 0) is 23.2 Å². The fourth-order valence-electron chi connectivity index (χ4n) is 3.29. The molecule has 30 heavy (non-hydrogen) atoms. The van der Waals surface area contributed by atoms with Crippen LogP contribution in [0.3, 0.4) is 0 Å². The molecule has 0 radical (unpaired) electrons. The minimum absolute atomic E-state index is 0.0101. The van der Waals surface area contributed by atoms with Crippen molar-refractivity contribution in [3.8, 4) is 0 Å². The van der Waals surface area contributed by atoms with Gasteiger partial charge in [-0.3, -0.25) is 14.0 Å². The fraction of sp³-hybridized carbons (Fsp3) is 0.211. The molecule has 2 aromatic heterocycles. The van der Waals surface area contributed by atoms with Crippen LogP contribution in [0.25, 0.3) is 5.57 Å². The number of benzene rings is 1. The summed E-state index contributed by atoms with van der Waals surface area (Å²) >= 11 is 0. The van der Waals surface area contributed by atoms with Gasteiger partial charge < -0.3 is 0 Å². The molecule has 0 fully saturated rings. The zero-order chi connectivity index (χ0) is 21.5. The predicted molar refractivity (Wildman–Crippen MR) is 101 cm³/mol. The van der Waals surface area contributed by atoms with E-state index in [2.05, 4.69) is 15.3 Å². The van der Waals surface area contributed by atoms with E-state index in [0.29, 0.717) is 5.57 Å². The van der Waals surface area contributed by atoms with Gasteiger partial charge >= 0.3 is 6.18 Å². The van der Waals surface area contributed by atoms with Gasteiger partial charge in [0.2, 0.25) is 5.03 Å². The van der Waals surface area contributed by atoms with Crippen molar-refractivity contribution in [1.29, 1.82) is 0 Å². The molecule has 0 saturated heterocycles. The van der Waals surface area contributed by atoms with Gasteiger partial charge in [-0.2, -0.15) is 21.6 Å². The number of aromatic nitrogens is 4. The second kappa shape index (κ2) is 7.24. The Kier molecular flexibility index (Phi) is 4.85. The van der Waals surface area contributed by atoms with E-state index >= 15 is 0 Å². The van der Waals surface area contributed by atoms with E-state index in [0.717, 1.165) is 28.2 Å². The normalized spacial score (nSPS) is 17.3. The summed E-state index contributed by atoms with van der Waals surface area (Å²) in [5.74, 6) is -0.492. The van der Waals surface area contributed by atoms with Gasteiger partial charge in [-0.25, -0.2) is 0 Å². The van der Waals surface area contributed by atoms with Crippen molar-refractivity contribution in [1.82, 2.24) is 24.3 Å². The maximum absolute atomic E-state index is 13.2. The molecule has 7 nitrogen and oxygen atoms in total. The van der Waals surface area contributed by atoms with Crippen LogP contribution in [0.4, 0.5) is 13.2 Å². The number of rotatable bonds is 4. The number of nitrogens with zero attached hydrogens (tertiary/aromatic N) is 5. The topological polar surface area (TPSA) is 81.0 Å². The number of hydrogen-bond donors (Lipinski definition) is 0. The van der Waals surface area contributed by atoms with Gasteiger partial charge in [0.15, 0.2) is 0 Å². The summed E-state index contributed by atoms with van der Waals surface area (Å²) < 4.78 is 67.9. The number of sulfonamides is 1. The Balaban J connectivity index is 1.81. The van der Waals surface area contributed by atoms with Crippen LogP contribution in [0.1, 0.15) is 22.7 Å². The lowest BCUT2D eigenvalue weighted by molar-refractivity contribution is -0.137. The van der Waals surface area contributed by atoms with Crippen molar-refractivity contribution < 1.29 is 21.6 Å². The molecular formula is C19H16F3N5O2S. The fourth-order valence-corrected chi connectivity index (χ4v) is 4.55. The highest BCUT2D eigenvalue weighted by Crippen LogP contribution is 2.40. The Morgan fingerprint density at radius 1 is 1.13 bits per heavy atom. The average Bonchev–Trinajstić information content (AvgIpc) is 3.36. The summed E-state index contributed by atoms with van der Waals surface area (Å²) in [4.78, 5) is 4.08. The standard InChI is InChI=1S/C19H16F3N5O2S/c1-26-12-18(24-25-26)30(28,29)27-10-15(13-5-3-2-4-6-13)16(11-27)17-9-14(7-8-23-17)19(20,21)22/h2-9,11-12,15H,10H2,1H3. The van der Waals surface area contributed by atoms with Gasteiger partial charge in [0.05, 0.1) is 17.5 Å². The first kappa shape index (κ1) is 20.1. The number of alkyl halides is 3. The van der Waals surface area contributed by atoms with Crippen LogP contribution in [-0.4, -0.2) is 39.2 Å². The van der Waals surface area contributed by atoms with Crippen LogP contribution in [0.5, 0.6) is 0 Å². The van der Waals surface area contributed by atoms with Crippen molar-refractivity contribution in [3.63, 3.8) is 0 Å². The summed E-state index contributed by atoms with van der Waals surface area (Å²) in [5.41, 5.74) is 0.352. The van der Waals surface area contributed by atoms with Crippen LogP contribution < -0.4 is 0 Å². The quantitative estimate of drug-likeness (QED) is 0.629. The predicted octanol–water partition coefficient (Wildman–Crippen LogP) is 3.06. The zero-order valence-electron chi connectivity index (χ0n) is 15.7. The van der Waals surface area contributed by atoms with Crippen molar-refractivity contribution in [2.24, 2.45) is 7.05 Å². The van der Waals surface area contributed by atoms with Gasteiger partial charge in [-0.15, -0.1) is 5.10 Å². The molecule has 3 heterocycles. The minimum Gasteiger partial charge on any atom is -0.271 e. The molecule has 0 saturated carbocycles. The molecule has 0 bridgehead atoms. The molecule has 11 heteroatoms. The van der Waals surface area contributed by atoms with E-state index in [1.54, 1.807) is 30.3 Å². The Hall–Kier alpha value is -3.21. The molecule has 3 aromatic rings. The summed E-state index contributed by atoms with van der Waals surface area (Å²) in [5, 5.41) is 7.07. The molecule has 0 amide bonds. The molecule has 4 rings (SSSR count). The van der Waals surface area contributed by atoms with Gasteiger partial charge in [0, 0.05) is 37.5 Å². The highest BCUT2D eigenvalue weighted by Gasteiger charge is 2.37. The number of halogens is 3. The highest BCUT2D eigenvalue weighted by molar-refractivity contribution is 7.89. The molecule has 0 spiro atoms. The molecule has 1 aliphatic heterocycles. The second-order valence-electron chi connectivity index (χ2n) is 6.78. The first-order valence-corrected chi connectivity index (χ1v) is 10.3. The van der Waals surface area contributed by atoms with Gasteiger partial charge in [0.1, 0.15) is 0 Å². The molecular weight excluding hydrogens is 419 g/mol. The monoisotopic (exact) mass is 435 g/mol. The lowest BCUT2D eigenvalue weighted by atomic mass is 9.91. The molecule has 0 aliphatic carbocycles. The Bertz CT molecular complexity index is 1210. The van der Waals surface area contributed by atoms with Crippen LogP contribution in [0.2, 0.25) is 0 Å². The third-order valence-corrected chi connectivity index (χ3v) is 6.35. The van der Waals surface area contributed by atoms with Crippen LogP contribution in [0, 0.1) is 0 Å². The summed E-state index contributed by atoms with van der Waals surface area (Å²) in [6.07, 6.45) is -0.878. The lowest BCUT2D eigenvalue weighted by Crippen LogP contribution is -2.26. The van der Waals surface area contributed by atoms with Crippen molar-refractivity contribution in [3.05, 3.63) is 77.9 Å². The number of hydrogen-bond acceptors (Lipinski definition) is 5. The maximum atomic E-state index is 13.2. The highest BCUT2D eigenvalue weighted by atomic mass is 32.2. The van der Waals surface area contributed by atoms with E-state index in [4.69, 9.17) is 0 Å². The Morgan fingerprint density at radius 2 is 1.87 bits per heavy atom. The van der Waals surface area contributed by atoms with E-state index in [9.17, 15) is 21.6 Å². The SMILES string of the molecule is Cn1cc(S(=O)(=O)N2C=C(c3cc(C(F)(F)F)ccn3)C(c3ccccc3)C2)nn1. The third kappa shape index (κ3) is 3.67. The summed E-state index contributed by atoms with van der Waals surface area (Å²) in [6, 6.07) is 10.8. The van der Waals surface area contributed by atoms with Gasteiger partial charge in [0.25, 0.3) is 10.0 Å².